The first kappa shape index (κ1) is 24.2. The van der Waals surface area contributed by atoms with Crippen LogP contribution in [-0.4, -0.2) is 45.8 Å². The number of phenols is 1. The van der Waals surface area contributed by atoms with Crippen LogP contribution in [0.4, 0.5) is 0 Å². The van der Waals surface area contributed by atoms with Crippen LogP contribution in [0, 0.1) is 12.3 Å². The number of nitrogens with zero attached hydrogens (tertiary/aromatic N) is 3. The maximum Gasteiger partial charge on any atom is 0.253 e. The molecule has 182 valence electrons. The second-order valence-corrected chi connectivity index (χ2v) is 8.26. The number of aryl methyl sites for hydroxylation is 1. The van der Waals surface area contributed by atoms with Crippen molar-refractivity contribution < 1.29 is 19.4 Å². The summed E-state index contributed by atoms with van der Waals surface area (Å²) in [5.74, 6) is 0.620. The van der Waals surface area contributed by atoms with E-state index >= 15 is 0 Å². The zero-order valence-electron chi connectivity index (χ0n) is 20.0. The van der Waals surface area contributed by atoms with E-state index in [0.29, 0.717) is 22.7 Å². The Hall–Kier alpha value is -4.92. The first-order valence-electron chi connectivity index (χ1n) is 11.0. The van der Waals surface area contributed by atoms with Crippen molar-refractivity contribution in [2.45, 2.75) is 6.92 Å². The predicted molar refractivity (Wildman–Crippen MR) is 136 cm³/mol. The van der Waals surface area contributed by atoms with E-state index in [0.717, 1.165) is 11.1 Å². The number of amidine groups is 1. The van der Waals surface area contributed by atoms with Crippen LogP contribution in [0.5, 0.6) is 29.0 Å². The quantitative estimate of drug-likeness (QED) is 0.255. The number of carbonyl (C=O) groups is 1. The first-order chi connectivity index (χ1) is 17.2. The topological polar surface area (TPSA) is 135 Å². The summed E-state index contributed by atoms with van der Waals surface area (Å²) in [5, 5.41) is 17.9. The van der Waals surface area contributed by atoms with Crippen LogP contribution < -0.4 is 15.2 Å². The number of nitrogens with two attached hydrogens (primary N) is 1. The average molecular weight is 484 g/mol. The Kier molecular flexibility index (Phi) is 6.82. The molecule has 9 nitrogen and oxygen atoms in total. The van der Waals surface area contributed by atoms with Crippen molar-refractivity contribution >= 4 is 11.7 Å². The molecule has 3 aromatic carbocycles. The molecule has 4 rings (SSSR count). The number of ether oxygens (including phenoxy) is 2. The van der Waals surface area contributed by atoms with Gasteiger partial charge in [-0.05, 0) is 43.3 Å². The Morgan fingerprint density at radius 1 is 0.917 bits per heavy atom. The second-order valence-electron chi connectivity index (χ2n) is 8.26. The number of carbonyl (C=O) groups excluding carboxylic acids is 1. The smallest absolute Gasteiger partial charge is 0.253 e. The van der Waals surface area contributed by atoms with E-state index in [1.165, 1.54) is 29.2 Å². The third kappa shape index (κ3) is 5.58. The van der Waals surface area contributed by atoms with Crippen molar-refractivity contribution in [2.75, 3.05) is 14.1 Å². The number of nitrogen functional groups attached to an aromatic ring is 1. The van der Waals surface area contributed by atoms with Crippen molar-refractivity contribution in [3.8, 4) is 40.4 Å². The SMILES string of the molecule is Cc1ccc(-c2nc(Oc3cccc(C(=O)N(C)C)c3)cc(Oc3cc(C(=N)N)ccc3O)n2)cc1. The average Bonchev–Trinajstić information content (AvgIpc) is 2.85. The maximum absolute atomic E-state index is 12.4. The summed E-state index contributed by atoms with van der Waals surface area (Å²) in [5.41, 5.74) is 8.23. The minimum Gasteiger partial charge on any atom is -0.504 e. The number of hydrogen-bond donors (Lipinski definition) is 3. The summed E-state index contributed by atoms with van der Waals surface area (Å²) in [7, 11) is 3.35. The summed E-state index contributed by atoms with van der Waals surface area (Å²) >= 11 is 0. The van der Waals surface area contributed by atoms with Gasteiger partial charge in [0, 0.05) is 30.8 Å². The lowest BCUT2D eigenvalue weighted by Gasteiger charge is -2.13. The monoisotopic (exact) mass is 483 g/mol. The van der Waals surface area contributed by atoms with Gasteiger partial charge in [-0.1, -0.05) is 35.9 Å². The lowest BCUT2D eigenvalue weighted by Crippen LogP contribution is -2.21. The molecule has 9 heteroatoms. The van der Waals surface area contributed by atoms with E-state index in [-0.39, 0.29) is 35.0 Å². The van der Waals surface area contributed by atoms with Gasteiger partial charge in [0.2, 0.25) is 11.8 Å². The molecule has 0 fully saturated rings. The molecular weight excluding hydrogens is 458 g/mol. The molecule has 1 heterocycles. The molecule has 0 saturated heterocycles. The van der Waals surface area contributed by atoms with E-state index in [1.54, 1.807) is 38.4 Å². The minimum atomic E-state index is -0.168. The van der Waals surface area contributed by atoms with Crippen molar-refractivity contribution in [1.82, 2.24) is 14.9 Å². The van der Waals surface area contributed by atoms with Crippen molar-refractivity contribution in [2.24, 2.45) is 5.73 Å². The molecule has 4 N–H and O–H groups in total. The third-order valence-corrected chi connectivity index (χ3v) is 5.18. The highest BCUT2D eigenvalue weighted by molar-refractivity contribution is 5.95. The van der Waals surface area contributed by atoms with Crippen molar-refractivity contribution in [3.05, 3.63) is 89.5 Å². The number of rotatable bonds is 7. The first-order valence-corrected chi connectivity index (χ1v) is 11.0. The lowest BCUT2D eigenvalue weighted by atomic mass is 10.1. The Bertz CT molecular complexity index is 1430. The van der Waals surface area contributed by atoms with Crippen LogP contribution >= 0.6 is 0 Å². The molecule has 36 heavy (non-hydrogen) atoms. The van der Waals surface area contributed by atoms with E-state index in [2.05, 4.69) is 9.97 Å². The van der Waals surface area contributed by atoms with E-state index < -0.39 is 0 Å². The molecule has 0 saturated carbocycles. The molecule has 0 bridgehead atoms. The van der Waals surface area contributed by atoms with Crippen LogP contribution in [0.1, 0.15) is 21.5 Å². The minimum absolute atomic E-state index is 0.0702. The van der Waals surface area contributed by atoms with Crippen LogP contribution in [0.15, 0.2) is 72.8 Å². The van der Waals surface area contributed by atoms with Gasteiger partial charge < -0.3 is 25.2 Å². The zero-order valence-corrected chi connectivity index (χ0v) is 20.0. The van der Waals surface area contributed by atoms with Gasteiger partial charge in [-0.3, -0.25) is 10.2 Å². The predicted octanol–water partition coefficient (Wildman–Crippen LogP) is 4.73. The standard InChI is InChI=1S/C27H25N5O4/c1-16-7-9-17(10-8-16)26-30-23(35-20-6-4-5-19(13-20)27(34)32(2)3)15-24(31-26)36-22-14-18(25(28)29)11-12-21(22)33/h4-15,33H,1-3H3,(H3,28,29). The number of benzene rings is 3. The fourth-order valence-corrected chi connectivity index (χ4v) is 3.29. The summed E-state index contributed by atoms with van der Waals surface area (Å²) in [6.45, 7) is 1.98. The van der Waals surface area contributed by atoms with Gasteiger partial charge in [0.05, 0.1) is 6.07 Å². The zero-order chi connectivity index (χ0) is 25.8. The van der Waals surface area contributed by atoms with Crippen LogP contribution in [0.2, 0.25) is 0 Å². The number of hydrogen-bond acceptors (Lipinski definition) is 7. The molecule has 0 aliphatic heterocycles. The number of phenolic OH excluding ortho intramolecular Hbond substituents is 1. The highest BCUT2D eigenvalue weighted by atomic mass is 16.5. The van der Waals surface area contributed by atoms with Crippen LogP contribution in [-0.2, 0) is 0 Å². The number of aromatic hydroxyl groups is 1. The molecule has 0 radical (unpaired) electrons. The van der Waals surface area contributed by atoms with Crippen molar-refractivity contribution in [1.29, 1.82) is 5.41 Å². The molecule has 0 aliphatic rings. The molecule has 0 atom stereocenters. The summed E-state index contributed by atoms with van der Waals surface area (Å²) in [4.78, 5) is 22.8. The van der Waals surface area contributed by atoms with Gasteiger partial charge >= 0.3 is 0 Å². The molecule has 0 unspecified atom stereocenters. The highest BCUT2D eigenvalue weighted by Gasteiger charge is 2.15. The summed E-state index contributed by atoms with van der Waals surface area (Å²) < 4.78 is 11.9. The number of aromatic nitrogens is 2. The second kappa shape index (κ2) is 10.1. The fraction of sp³-hybridized carbons (Fsp3) is 0.111. The molecular formula is C27H25N5O4. The van der Waals surface area contributed by atoms with Crippen LogP contribution in [0.3, 0.4) is 0 Å². The van der Waals surface area contributed by atoms with Gasteiger partial charge in [-0.25, -0.2) is 0 Å². The molecule has 0 spiro atoms. The van der Waals surface area contributed by atoms with Crippen LogP contribution in [0.25, 0.3) is 11.4 Å². The van der Waals surface area contributed by atoms with Gasteiger partial charge in [0.25, 0.3) is 5.91 Å². The fourth-order valence-electron chi connectivity index (χ4n) is 3.29. The highest BCUT2D eigenvalue weighted by Crippen LogP contribution is 2.34. The molecule has 1 aromatic heterocycles. The lowest BCUT2D eigenvalue weighted by molar-refractivity contribution is 0.0827. The molecule has 4 aromatic rings. The van der Waals surface area contributed by atoms with E-state index in [1.807, 2.05) is 31.2 Å². The summed E-state index contributed by atoms with van der Waals surface area (Å²) in [6.07, 6.45) is 0. The van der Waals surface area contributed by atoms with Gasteiger partial charge in [-0.2, -0.15) is 9.97 Å². The third-order valence-electron chi connectivity index (χ3n) is 5.18. The van der Waals surface area contributed by atoms with Gasteiger partial charge in [-0.15, -0.1) is 0 Å². The van der Waals surface area contributed by atoms with Crippen molar-refractivity contribution in [3.63, 3.8) is 0 Å². The molecule has 0 aliphatic carbocycles. The number of amides is 1. The Labute approximate surface area is 208 Å². The Balaban J connectivity index is 1.74. The Morgan fingerprint density at radius 2 is 1.61 bits per heavy atom. The normalized spacial score (nSPS) is 10.5. The maximum atomic E-state index is 12.4. The largest absolute Gasteiger partial charge is 0.504 e. The van der Waals surface area contributed by atoms with E-state index in [9.17, 15) is 9.90 Å². The van der Waals surface area contributed by atoms with Gasteiger partial charge in [0.15, 0.2) is 17.3 Å². The van der Waals surface area contributed by atoms with E-state index in [4.69, 9.17) is 20.6 Å². The Morgan fingerprint density at radius 3 is 2.28 bits per heavy atom. The molecule has 1 amide bonds. The summed E-state index contributed by atoms with van der Waals surface area (Å²) in [6, 6.07) is 20.2. The number of nitrogens with one attached hydrogen (secondary N) is 1. The van der Waals surface area contributed by atoms with Gasteiger partial charge in [0.1, 0.15) is 11.6 Å².